The van der Waals surface area contributed by atoms with E-state index in [1.165, 1.54) is 29.9 Å². The van der Waals surface area contributed by atoms with Gasteiger partial charge in [0.05, 0.1) is 11.4 Å². The average molecular weight is 318 g/mol. The molecule has 0 bridgehead atoms. The molecule has 3 rings (SSSR count). The Kier molecular flexibility index (Phi) is 4.44. The first kappa shape index (κ1) is 15.4. The molecule has 2 aromatic rings. The smallest absolute Gasteiger partial charge is 0.133 e. The quantitative estimate of drug-likeness (QED) is 0.882. The molecule has 4 heteroatoms. The Hall–Kier alpha value is -1.48. The van der Waals surface area contributed by atoms with Gasteiger partial charge in [0.15, 0.2) is 0 Å². The fourth-order valence-corrected chi connectivity index (χ4v) is 3.38. The summed E-state index contributed by atoms with van der Waals surface area (Å²) in [6, 6.07) is 6.01. The monoisotopic (exact) mass is 317 g/mol. The Balaban J connectivity index is 2.12. The lowest BCUT2D eigenvalue weighted by atomic mass is 10.0. The van der Waals surface area contributed by atoms with Crippen molar-refractivity contribution in [2.24, 2.45) is 5.92 Å². The van der Waals surface area contributed by atoms with E-state index in [9.17, 15) is 0 Å². The standard InChI is InChI=1S/C18H24ClN3/c1-12(2)10-16-15-6-4-5-9-20-18(15)22(21-16)17-8-7-14(19)11-13(17)3/h7-8,11-12,20H,4-6,9-10H2,1-3H3. The first-order chi connectivity index (χ1) is 10.6. The lowest BCUT2D eigenvalue weighted by Gasteiger charge is -2.11. The van der Waals surface area contributed by atoms with Gasteiger partial charge in [0, 0.05) is 17.1 Å². The van der Waals surface area contributed by atoms with E-state index in [0.717, 1.165) is 35.7 Å². The van der Waals surface area contributed by atoms with Crippen LogP contribution in [0.25, 0.3) is 5.69 Å². The van der Waals surface area contributed by atoms with E-state index in [0.29, 0.717) is 5.92 Å². The number of halogens is 1. The van der Waals surface area contributed by atoms with Crippen LogP contribution in [0.2, 0.25) is 5.02 Å². The minimum atomic E-state index is 0.613. The van der Waals surface area contributed by atoms with Crippen molar-refractivity contribution in [2.75, 3.05) is 11.9 Å². The highest BCUT2D eigenvalue weighted by Crippen LogP contribution is 2.31. The molecular weight excluding hydrogens is 294 g/mol. The highest BCUT2D eigenvalue weighted by atomic mass is 35.5. The van der Waals surface area contributed by atoms with Gasteiger partial charge in [-0.25, -0.2) is 4.68 Å². The van der Waals surface area contributed by atoms with Crippen molar-refractivity contribution < 1.29 is 0 Å². The van der Waals surface area contributed by atoms with Crippen molar-refractivity contribution in [3.8, 4) is 5.69 Å². The van der Waals surface area contributed by atoms with Gasteiger partial charge < -0.3 is 5.32 Å². The molecule has 0 atom stereocenters. The van der Waals surface area contributed by atoms with Crippen LogP contribution in [-0.2, 0) is 12.8 Å². The number of hydrogen-bond acceptors (Lipinski definition) is 2. The number of nitrogens with one attached hydrogen (secondary N) is 1. The summed E-state index contributed by atoms with van der Waals surface area (Å²) in [4.78, 5) is 0. The predicted molar refractivity (Wildman–Crippen MR) is 93.3 cm³/mol. The molecule has 0 spiro atoms. The molecule has 0 saturated carbocycles. The molecule has 0 fully saturated rings. The first-order valence-electron chi connectivity index (χ1n) is 8.17. The fourth-order valence-electron chi connectivity index (χ4n) is 3.15. The largest absolute Gasteiger partial charge is 0.370 e. The molecule has 1 aliphatic heterocycles. The number of nitrogens with zero attached hydrogens (tertiary/aromatic N) is 2. The molecule has 0 amide bonds. The summed E-state index contributed by atoms with van der Waals surface area (Å²) in [5.41, 5.74) is 4.92. The van der Waals surface area contributed by atoms with E-state index in [1.54, 1.807) is 0 Å². The van der Waals surface area contributed by atoms with Crippen molar-refractivity contribution in [3.05, 3.63) is 40.0 Å². The molecule has 0 aliphatic carbocycles. The van der Waals surface area contributed by atoms with Gasteiger partial charge in [-0.3, -0.25) is 0 Å². The van der Waals surface area contributed by atoms with E-state index in [-0.39, 0.29) is 0 Å². The van der Waals surface area contributed by atoms with Crippen LogP contribution in [0.4, 0.5) is 5.82 Å². The Morgan fingerprint density at radius 1 is 1.32 bits per heavy atom. The van der Waals surface area contributed by atoms with Crippen LogP contribution in [0.5, 0.6) is 0 Å². The van der Waals surface area contributed by atoms with Crippen LogP contribution >= 0.6 is 11.6 Å². The summed E-state index contributed by atoms with van der Waals surface area (Å²) >= 11 is 6.10. The Morgan fingerprint density at radius 3 is 2.86 bits per heavy atom. The summed E-state index contributed by atoms with van der Waals surface area (Å²) in [5.74, 6) is 1.79. The maximum atomic E-state index is 6.10. The number of hydrogen-bond donors (Lipinski definition) is 1. The third-order valence-electron chi connectivity index (χ3n) is 4.20. The number of aromatic nitrogens is 2. The van der Waals surface area contributed by atoms with Gasteiger partial charge in [0.1, 0.15) is 5.82 Å². The highest BCUT2D eigenvalue weighted by molar-refractivity contribution is 6.30. The topological polar surface area (TPSA) is 29.9 Å². The van der Waals surface area contributed by atoms with Gasteiger partial charge in [-0.2, -0.15) is 5.10 Å². The Morgan fingerprint density at radius 2 is 2.14 bits per heavy atom. The molecule has 3 nitrogen and oxygen atoms in total. The third kappa shape index (κ3) is 3.00. The Bertz CT molecular complexity index is 673. The Labute approximate surface area is 137 Å². The second-order valence-electron chi connectivity index (χ2n) is 6.60. The third-order valence-corrected chi connectivity index (χ3v) is 4.44. The van der Waals surface area contributed by atoms with Crippen molar-refractivity contribution in [2.45, 2.75) is 46.5 Å². The van der Waals surface area contributed by atoms with Crippen LogP contribution in [0.3, 0.4) is 0 Å². The molecule has 118 valence electrons. The normalized spacial score (nSPS) is 14.6. The van der Waals surface area contributed by atoms with Gasteiger partial charge in [-0.05, 0) is 62.3 Å². The van der Waals surface area contributed by atoms with Crippen LogP contribution in [0.15, 0.2) is 18.2 Å². The molecule has 2 heterocycles. The SMILES string of the molecule is Cc1cc(Cl)ccc1-n1nc(CC(C)C)c2c1NCCCC2. The van der Waals surface area contributed by atoms with Crippen molar-refractivity contribution in [3.63, 3.8) is 0 Å². The van der Waals surface area contributed by atoms with E-state index >= 15 is 0 Å². The molecule has 1 N–H and O–H groups in total. The van der Waals surface area contributed by atoms with Gasteiger partial charge in [-0.15, -0.1) is 0 Å². The van der Waals surface area contributed by atoms with Crippen LogP contribution < -0.4 is 5.32 Å². The number of rotatable bonds is 3. The fraction of sp³-hybridized carbons (Fsp3) is 0.500. The molecular formula is C18H24ClN3. The molecule has 1 aliphatic rings. The van der Waals surface area contributed by atoms with Crippen LogP contribution in [0.1, 0.15) is 43.5 Å². The zero-order valence-electron chi connectivity index (χ0n) is 13.6. The van der Waals surface area contributed by atoms with Gasteiger partial charge >= 0.3 is 0 Å². The van der Waals surface area contributed by atoms with E-state index in [4.69, 9.17) is 16.7 Å². The van der Waals surface area contributed by atoms with Gasteiger partial charge in [0.25, 0.3) is 0 Å². The molecule has 0 saturated heterocycles. The summed E-state index contributed by atoms with van der Waals surface area (Å²) in [6.45, 7) is 7.62. The number of benzene rings is 1. The van der Waals surface area contributed by atoms with Crippen molar-refractivity contribution in [1.82, 2.24) is 9.78 Å². The first-order valence-corrected chi connectivity index (χ1v) is 8.55. The second-order valence-corrected chi connectivity index (χ2v) is 7.03. The number of aryl methyl sites for hydroxylation is 1. The molecule has 0 unspecified atom stereocenters. The predicted octanol–water partition coefficient (Wildman–Crippen LogP) is 4.78. The zero-order valence-corrected chi connectivity index (χ0v) is 14.4. The maximum Gasteiger partial charge on any atom is 0.133 e. The molecule has 1 aromatic heterocycles. The van der Waals surface area contributed by atoms with E-state index in [2.05, 4.69) is 36.8 Å². The van der Waals surface area contributed by atoms with Gasteiger partial charge in [0.2, 0.25) is 0 Å². The van der Waals surface area contributed by atoms with E-state index in [1.807, 2.05) is 12.1 Å². The van der Waals surface area contributed by atoms with Crippen LogP contribution in [0, 0.1) is 12.8 Å². The molecule has 1 aromatic carbocycles. The lowest BCUT2D eigenvalue weighted by molar-refractivity contribution is 0.621. The zero-order chi connectivity index (χ0) is 15.7. The van der Waals surface area contributed by atoms with Crippen LogP contribution in [-0.4, -0.2) is 16.3 Å². The van der Waals surface area contributed by atoms with Crippen molar-refractivity contribution in [1.29, 1.82) is 0 Å². The summed E-state index contributed by atoms with van der Waals surface area (Å²) in [7, 11) is 0. The van der Waals surface area contributed by atoms with Crippen molar-refractivity contribution >= 4 is 17.4 Å². The second kappa shape index (κ2) is 6.33. The summed E-state index contributed by atoms with van der Waals surface area (Å²) < 4.78 is 2.09. The number of fused-ring (bicyclic) bond motifs is 1. The van der Waals surface area contributed by atoms with E-state index < -0.39 is 0 Å². The lowest BCUT2D eigenvalue weighted by Crippen LogP contribution is -2.08. The van der Waals surface area contributed by atoms with Gasteiger partial charge in [-0.1, -0.05) is 25.4 Å². The summed E-state index contributed by atoms with van der Waals surface area (Å²) in [6.07, 6.45) is 4.60. The minimum absolute atomic E-state index is 0.613. The molecule has 22 heavy (non-hydrogen) atoms. The molecule has 0 radical (unpaired) electrons. The average Bonchev–Trinajstić information content (AvgIpc) is 2.63. The minimum Gasteiger partial charge on any atom is -0.370 e. The highest BCUT2D eigenvalue weighted by Gasteiger charge is 2.21. The maximum absolute atomic E-state index is 6.10. The number of anilines is 1. The summed E-state index contributed by atoms with van der Waals surface area (Å²) in [5, 5.41) is 9.31.